The second-order valence-electron chi connectivity index (χ2n) is 7.46. The average Bonchev–Trinajstić information content (AvgIpc) is 3.19. The minimum absolute atomic E-state index is 0.0620. The maximum Gasteiger partial charge on any atom is 0.265 e. The summed E-state index contributed by atoms with van der Waals surface area (Å²) in [5.74, 6) is 0.0931. The Hall–Kier alpha value is -2.86. The molecular formula is C23H28N2O4. The van der Waals surface area contributed by atoms with Gasteiger partial charge in [0.2, 0.25) is 0 Å². The molecule has 1 saturated heterocycles. The van der Waals surface area contributed by atoms with E-state index in [-0.39, 0.29) is 17.9 Å². The van der Waals surface area contributed by atoms with E-state index in [1.165, 1.54) is 0 Å². The number of aryl methyl sites for hydroxylation is 2. The SMILES string of the molecule is Cc1cc(C)cc(O[C@@H](C)C(=O)Nc2ccccc2C(=O)NC[C@@H]2CCCO2)c1. The maximum absolute atomic E-state index is 12.6. The second-order valence-corrected chi connectivity index (χ2v) is 7.46. The molecule has 1 aliphatic rings. The number of rotatable bonds is 7. The Balaban J connectivity index is 1.62. The lowest BCUT2D eigenvalue weighted by Crippen LogP contribution is -2.34. The summed E-state index contributed by atoms with van der Waals surface area (Å²) in [6.45, 7) is 6.86. The van der Waals surface area contributed by atoms with Crippen LogP contribution >= 0.6 is 0 Å². The van der Waals surface area contributed by atoms with E-state index in [2.05, 4.69) is 10.6 Å². The summed E-state index contributed by atoms with van der Waals surface area (Å²) < 4.78 is 11.3. The van der Waals surface area contributed by atoms with Crippen molar-refractivity contribution in [2.24, 2.45) is 0 Å². The molecule has 0 radical (unpaired) electrons. The van der Waals surface area contributed by atoms with Gasteiger partial charge in [0.15, 0.2) is 6.10 Å². The summed E-state index contributed by atoms with van der Waals surface area (Å²) >= 11 is 0. The smallest absolute Gasteiger partial charge is 0.265 e. The van der Waals surface area contributed by atoms with Crippen LogP contribution < -0.4 is 15.4 Å². The van der Waals surface area contributed by atoms with E-state index in [4.69, 9.17) is 9.47 Å². The van der Waals surface area contributed by atoms with Gasteiger partial charge in [0, 0.05) is 13.2 Å². The number of para-hydroxylation sites is 1. The number of benzene rings is 2. The van der Waals surface area contributed by atoms with E-state index in [1.807, 2.05) is 32.0 Å². The van der Waals surface area contributed by atoms with Crippen molar-refractivity contribution in [2.75, 3.05) is 18.5 Å². The molecule has 2 N–H and O–H groups in total. The number of nitrogens with one attached hydrogen (secondary N) is 2. The van der Waals surface area contributed by atoms with Crippen LogP contribution in [0.4, 0.5) is 5.69 Å². The fourth-order valence-corrected chi connectivity index (χ4v) is 3.39. The fourth-order valence-electron chi connectivity index (χ4n) is 3.39. The topological polar surface area (TPSA) is 76.7 Å². The molecule has 0 unspecified atom stereocenters. The molecule has 0 aromatic heterocycles. The highest BCUT2D eigenvalue weighted by atomic mass is 16.5. The van der Waals surface area contributed by atoms with Crippen LogP contribution in [-0.2, 0) is 9.53 Å². The van der Waals surface area contributed by atoms with Crippen LogP contribution in [0.3, 0.4) is 0 Å². The lowest BCUT2D eigenvalue weighted by molar-refractivity contribution is -0.122. The summed E-state index contributed by atoms with van der Waals surface area (Å²) in [6, 6.07) is 12.8. The van der Waals surface area contributed by atoms with Crippen molar-refractivity contribution in [3.05, 3.63) is 59.2 Å². The zero-order valence-electron chi connectivity index (χ0n) is 17.2. The highest BCUT2D eigenvalue weighted by molar-refractivity contribution is 6.04. The molecule has 2 aromatic rings. The van der Waals surface area contributed by atoms with Gasteiger partial charge in [0.1, 0.15) is 5.75 Å². The van der Waals surface area contributed by atoms with Crippen molar-refractivity contribution in [1.29, 1.82) is 0 Å². The average molecular weight is 396 g/mol. The van der Waals surface area contributed by atoms with Crippen molar-refractivity contribution < 1.29 is 19.1 Å². The van der Waals surface area contributed by atoms with Crippen molar-refractivity contribution in [2.45, 2.75) is 45.8 Å². The van der Waals surface area contributed by atoms with Gasteiger partial charge in [-0.2, -0.15) is 0 Å². The van der Waals surface area contributed by atoms with E-state index in [1.54, 1.807) is 31.2 Å². The molecule has 0 spiro atoms. The minimum atomic E-state index is -0.709. The first kappa shape index (κ1) is 20.9. The van der Waals surface area contributed by atoms with Crippen molar-refractivity contribution in [1.82, 2.24) is 5.32 Å². The van der Waals surface area contributed by atoms with Gasteiger partial charge in [-0.25, -0.2) is 0 Å². The molecule has 29 heavy (non-hydrogen) atoms. The predicted molar refractivity (Wildman–Crippen MR) is 112 cm³/mol. The number of hydrogen-bond acceptors (Lipinski definition) is 4. The molecule has 2 amide bonds. The van der Waals surface area contributed by atoms with Gasteiger partial charge in [0.05, 0.1) is 17.4 Å². The fraction of sp³-hybridized carbons (Fsp3) is 0.391. The number of hydrogen-bond donors (Lipinski definition) is 2. The number of carbonyl (C=O) groups is 2. The summed E-state index contributed by atoms with van der Waals surface area (Å²) in [5, 5.41) is 5.70. The monoisotopic (exact) mass is 396 g/mol. The van der Waals surface area contributed by atoms with Gasteiger partial charge >= 0.3 is 0 Å². The summed E-state index contributed by atoms with van der Waals surface area (Å²) in [7, 11) is 0. The summed E-state index contributed by atoms with van der Waals surface area (Å²) in [4.78, 5) is 25.2. The molecule has 6 heteroatoms. The first-order chi connectivity index (χ1) is 13.9. The third kappa shape index (κ3) is 5.81. The Bertz CT molecular complexity index is 855. The van der Waals surface area contributed by atoms with Crippen molar-refractivity contribution in [3.8, 4) is 5.75 Å². The number of amides is 2. The maximum atomic E-state index is 12.6. The molecule has 1 aliphatic heterocycles. The largest absolute Gasteiger partial charge is 0.481 e. The standard InChI is InChI=1S/C23H28N2O4/c1-15-11-16(2)13-19(12-15)29-17(3)22(26)25-21-9-5-4-8-20(21)23(27)24-14-18-7-6-10-28-18/h4-5,8-9,11-13,17-18H,6-7,10,14H2,1-3H3,(H,24,27)(H,25,26)/t17-,18-/m0/s1. The second kappa shape index (κ2) is 9.56. The van der Waals surface area contributed by atoms with E-state index in [9.17, 15) is 9.59 Å². The van der Waals surface area contributed by atoms with Crippen LogP contribution in [0.15, 0.2) is 42.5 Å². The van der Waals surface area contributed by atoms with Gasteiger partial charge < -0.3 is 20.1 Å². The van der Waals surface area contributed by atoms with Gasteiger partial charge in [0.25, 0.3) is 11.8 Å². The number of ether oxygens (including phenoxy) is 2. The van der Waals surface area contributed by atoms with Crippen LogP contribution in [0.1, 0.15) is 41.3 Å². The molecule has 1 fully saturated rings. The Kier molecular flexibility index (Phi) is 6.88. The molecule has 1 heterocycles. The number of carbonyl (C=O) groups excluding carboxylic acids is 2. The lowest BCUT2D eigenvalue weighted by atomic mass is 10.1. The Morgan fingerprint density at radius 3 is 2.59 bits per heavy atom. The van der Waals surface area contributed by atoms with Gasteiger partial charge in [-0.1, -0.05) is 18.2 Å². The molecule has 0 bridgehead atoms. The normalized spacial score (nSPS) is 16.9. The van der Waals surface area contributed by atoms with Crippen LogP contribution in [0.25, 0.3) is 0 Å². The van der Waals surface area contributed by atoms with Crippen molar-refractivity contribution >= 4 is 17.5 Å². The third-order valence-electron chi connectivity index (χ3n) is 4.82. The van der Waals surface area contributed by atoms with E-state index < -0.39 is 6.10 Å². The zero-order valence-corrected chi connectivity index (χ0v) is 17.2. The first-order valence-corrected chi connectivity index (χ1v) is 9.97. The van der Waals surface area contributed by atoms with E-state index >= 15 is 0 Å². The van der Waals surface area contributed by atoms with Crippen LogP contribution in [0.5, 0.6) is 5.75 Å². The quantitative estimate of drug-likeness (QED) is 0.749. The highest BCUT2D eigenvalue weighted by Gasteiger charge is 2.20. The van der Waals surface area contributed by atoms with Gasteiger partial charge in [-0.05, 0) is 69.0 Å². The molecule has 6 nitrogen and oxygen atoms in total. The van der Waals surface area contributed by atoms with Crippen LogP contribution in [-0.4, -0.2) is 37.2 Å². The highest BCUT2D eigenvalue weighted by Crippen LogP contribution is 2.20. The van der Waals surface area contributed by atoms with Gasteiger partial charge in [-0.15, -0.1) is 0 Å². The Labute approximate surface area is 171 Å². The molecule has 154 valence electrons. The van der Waals surface area contributed by atoms with Crippen LogP contribution in [0.2, 0.25) is 0 Å². The zero-order chi connectivity index (χ0) is 20.8. The molecule has 2 atom stereocenters. The van der Waals surface area contributed by atoms with E-state index in [0.717, 1.165) is 30.6 Å². The Morgan fingerprint density at radius 2 is 1.90 bits per heavy atom. The van der Waals surface area contributed by atoms with Crippen molar-refractivity contribution in [3.63, 3.8) is 0 Å². The molecule has 0 aliphatic carbocycles. The molecule has 3 rings (SSSR count). The molecular weight excluding hydrogens is 368 g/mol. The van der Waals surface area contributed by atoms with Crippen LogP contribution in [0, 0.1) is 13.8 Å². The first-order valence-electron chi connectivity index (χ1n) is 9.97. The summed E-state index contributed by atoms with van der Waals surface area (Å²) in [6.07, 6.45) is 1.32. The molecule has 0 saturated carbocycles. The van der Waals surface area contributed by atoms with E-state index in [0.29, 0.717) is 23.5 Å². The molecule has 2 aromatic carbocycles. The van der Waals surface area contributed by atoms with Gasteiger partial charge in [-0.3, -0.25) is 9.59 Å². The lowest BCUT2D eigenvalue weighted by Gasteiger charge is -2.17. The third-order valence-corrected chi connectivity index (χ3v) is 4.82. The Morgan fingerprint density at radius 1 is 1.17 bits per heavy atom. The number of anilines is 1. The summed E-state index contributed by atoms with van der Waals surface area (Å²) in [5.41, 5.74) is 3.01. The minimum Gasteiger partial charge on any atom is -0.481 e. The predicted octanol–water partition coefficient (Wildman–Crippen LogP) is 3.62.